The third-order valence-electron chi connectivity index (χ3n) is 3.73. The summed E-state index contributed by atoms with van der Waals surface area (Å²) in [5, 5.41) is 11.6. The lowest BCUT2D eigenvalue weighted by molar-refractivity contribution is -0.151. The van der Waals surface area contributed by atoms with Crippen LogP contribution >= 0.6 is 0 Å². The SMILES string of the molecule is CN(C)C(=O)c1ccc(NC(=O)C2CCC2C(=O)O)cc1. The number of anilines is 1. The van der Waals surface area contributed by atoms with Gasteiger partial charge in [-0.25, -0.2) is 0 Å². The van der Waals surface area contributed by atoms with Crippen LogP contribution in [0.5, 0.6) is 0 Å². The molecule has 112 valence electrons. The second-order valence-corrected chi connectivity index (χ2v) is 5.39. The van der Waals surface area contributed by atoms with Crippen LogP contribution in [0.1, 0.15) is 23.2 Å². The standard InChI is InChI=1S/C15H18N2O4/c1-17(2)14(19)9-3-5-10(6-4-9)16-13(18)11-7-8-12(11)15(20)21/h3-6,11-12H,7-8H2,1-2H3,(H,16,18)(H,20,21). The normalized spacial score (nSPS) is 20.3. The highest BCUT2D eigenvalue weighted by Gasteiger charge is 2.41. The molecule has 2 amide bonds. The Bertz CT molecular complexity index is 566. The van der Waals surface area contributed by atoms with E-state index in [2.05, 4.69) is 5.32 Å². The Kier molecular flexibility index (Phi) is 4.26. The molecule has 2 unspecified atom stereocenters. The first-order valence-corrected chi connectivity index (χ1v) is 6.75. The lowest BCUT2D eigenvalue weighted by Gasteiger charge is -2.31. The number of amides is 2. The lowest BCUT2D eigenvalue weighted by Crippen LogP contribution is -2.41. The predicted octanol–water partition coefficient (Wildman–Crippen LogP) is 1.44. The summed E-state index contributed by atoms with van der Waals surface area (Å²) in [6, 6.07) is 6.55. The third-order valence-corrected chi connectivity index (χ3v) is 3.73. The molecule has 1 aliphatic carbocycles. The molecule has 1 saturated carbocycles. The Balaban J connectivity index is 1.99. The van der Waals surface area contributed by atoms with Gasteiger partial charge in [0.1, 0.15) is 0 Å². The van der Waals surface area contributed by atoms with Crippen LogP contribution in [0.2, 0.25) is 0 Å². The first-order chi connectivity index (χ1) is 9.90. The Morgan fingerprint density at radius 1 is 1.10 bits per heavy atom. The van der Waals surface area contributed by atoms with Gasteiger partial charge in [0.15, 0.2) is 0 Å². The first-order valence-electron chi connectivity index (χ1n) is 6.75. The smallest absolute Gasteiger partial charge is 0.307 e. The molecule has 2 N–H and O–H groups in total. The van der Waals surface area contributed by atoms with E-state index < -0.39 is 17.8 Å². The van der Waals surface area contributed by atoms with Crippen LogP contribution in [-0.4, -0.2) is 41.9 Å². The molecule has 0 radical (unpaired) electrons. The van der Waals surface area contributed by atoms with Crippen molar-refractivity contribution in [2.24, 2.45) is 11.8 Å². The van der Waals surface area contributed by atoms with E-state index in [1.165, 1.54) is 4.90 Å². The molecular formula is C15H18N2O4. The third kappa shape index (κ3) is 3.21. The number of rotatable bonds is 4. The Morgan fingerprint density at radius 2 is 1.67 bits per heavy atom. The quantitative estimate of drug-likeness (QED) is 0.878. The van der Waals surface area contributed by atoms with Gasteiger partial charge in [0.05, 0.1) is 11.8 Å². The van der Waals surface area contributed by atoms with E-state index in [0.717, 1.165) is 0 Å². The number of aliphatic carboxylic acids is 1. The first kappa shape index (κ1) is 15.0. The fraction of sp³-hybridized carbons (Fsp3) is 0.400. The molecule has 0 saturated heterocycles. The molecule has 6 heteroatoms. The Labute approximate surface area is 122 Å². The van der Waals surface area contributed by atoms with E-state index in [0.29, 0.717) is 24.1 Å². The number of nitrogens with zero attached hydrogens (tertiary/aromatic N) is 1. The number of carboxylic acid groups (broad SMARTS) is 1. The monoisotopic (exact) mass is 290 g/mol. The number of hydrogen-bond acceptors (Lipinski definition) is 3. The van der Waals surface area contributed by atoms with Crippen molar-refractivity contribution in [1.29, 1.82) is 0 Å². The molecule has 2 atom stereocenters. The molecule has 0 aliphatic heterocycles. The largest absolute Gasteiger partial charge is 0.481 e. The van der Waals surface area contributed by atoms with Gasteiger partial charge in [-0.1, -0.05) is 0 Å². The maximum atomic E-state index is 12.0. The Hall–Kier alpha value is -2.37. The molecule has 21 heavy (non-hydrogen) atoms. The summed E-state index contributed by atoms with van der Waals surface area (Å²) in [5.74, 6) is -2.36. The average molecular weight is 290 g/mol. The highest BCUT2D eigenvalue weighted by atomic mass is 16.4. The number of carboxylic acids is 1. The molecule has 2 rings (SSSR count). The fourth-order valence-corrected chi connectivity index (χ4v) is 2.30. The summed E-state index contributed by atoms with van der Waals surface area (Å²) < 4.78 is 0. The maximum Gasteiger partial charge on any atom is 0.307 e. The molecule has 1 aromatic carbocycles. The molecule has 0 spiro atoms. The van der Waals surface area contributed by atoms with E-state index in [1.54, 1.807) is 38.4 Å². The molecule has 0 heterocycles. The van der Waals surface area contributed by atoms with E-state index >= 15 is 0 Å². The topological polar surface area (TPSA) is 86.7 Å². The Morgan fingerprint density at radius 3 is 2.10 bits per heavy atom. The zero-order valence-electron chi connectivity index (χ0n) is 12.0. The maximum absolute atomic E-state index is 12.0. The number of benzene rings is 1. The van der Waals surface area contributed by atoms with Gasteiger partial charge >= 0.3 is 5.97 Å². The van der Waals surface area contributed by atoms with Crippen LogP contribution in [0.4, 0.5) is 5.69 Å². The molecule has 1 aromatic rings. The van der Waals surface area contributed by atoms with Crippen LogP contribution < -0.4 is 5.32 Å². The van der Waals surface area contributed by atoms with Gasteiger partial charge in [-0.3, -0.25) is 14.4 Å². The van der Waals surface area contributed by atoms with Gasteiger partial charge in [-0.05, 0) is 37.1 Å². The summed E-state index contributed by atoms with van der Waals surface area (Å²) in [7, 11) is 3.33. The van der Waals surface area contributed by atoms with Crippen molar-refractivity contribution in [2.75, 3.05) is 19.4 Å². The summed E-state index contributed by atoms with van der Waals surface area (Å²) >= 11 is 0. The fourth-order valence-electron chi connectivity index (χ4n) is 2.30. The van der Waals surface area contributed by atoms with Crippen molar-refractivity contribution in [3.05, 3.63) is 29.8 Å². The highest BCUT2D eigenvalue weighted by Crippen LogP contribution is 2.35. The van der Waals surface area contributed by atoms with Crippen LogP contribution in [0.25, 0.3) is 0 Å². The van der Waals surface area contributed by atoms with Crippen LogP contribution in [0.15, 0.2) is 24.3 Å². The van der Waals surface area contributed by atoms with Crippen molar-refractivity contribution in [3.63, 3.8) is 0 Å². The van der Waals surface area contributed by atoms with Gasteiger partial charge in [0.2, 0.25) is 5.91 Å². The van der Waals surface area contributed by atoms with Gasteiger partial charge < -0.3 is 15.3 Å². The van der Waals surface area contributed by atoms with Gasteiger partial charge in [-0.2, -0.15) is 0 Å². The minimum Gasteiger partial charge on any atom is -0.481 e. The van der Waals surface area contributed by atoms with E-state index in [4.69, 9.17) is 5.11 Å². The number of nitrogens with one attached hydrogen (secondary N) is 1. The number of hydrogen-bond donors (Lipinski definition) is 2. The van der Waals surface area contributed by atoms with Crippen molar-refractivity contribution in [2.45, 2.75) is 12.8 Å². The molecule has 1 aliphatic rings. The van der Waals surface area contributed by atoms with Gasteiger partial charge in [0, 0.05) is 25.3 Å². The second kappa shape index (κ2) is 5.95. The molecule has 1 fully saturated rings. The second-order valence-electron chi connectivity index (χ2n) is 5.39. The van der Waals surface area contributed by atoms with Crippen molar-refractivity contribution in [1.82, 2.24) is 4.90 Å². The van der Waals surface area contributed by atoms with Crippen molar-refractivity contribution < 1.29 is 19.5 Å². The average Bonchev–Trinajstić information content (AvgIpc) is 2.36. The molecule has 0 aromatic heterocycles. The zero-order valence-corrected chi connectivity index (χ0v) is 12.0. The van der Waals surface area contributed by atoms with Crippen LogP contribution in [-0.2, 0) is 9.59 Å². The minimum absolute atomic E-state index is 0.113. The van der Waals surface area contributed by atoms with Gasteiger partial charge in [-0.15, -0.1) is 0 Å². The highest BCUT2D eigenvalue weighted by molar-refractivity contribution is 5.97. The molecule has 6 nitrogen and oxygen atoms in total. The predicted molar refractivity (Wildman–Crippen MR) is 76.9 cm³/mol. The van der Waals surface area contributed by atoms with Gasteiger partial charge in [0.25, 0.3) is 5.91 Å². The van der Waals surface area contributed by atoms with E-state index in [1.807, 2.05) is 0 Å². The van der Waals surface area contributed by atoms with Crippen LogP contribution in [0.3, 0.4) is 0 Å². The number of carbonyl (C=O) groups is 3. The summed E-state index contributed by atoms with van der Waals surface area (Å²) in [5.41, 5.74) is 1.09. The van der Waals surface area contributed by atoms with Crippen molar-refractivity contribution >= 4 is 23.5 Å². The summed E-state index contributed by atoms with van der Waals surface area (Å²) in [6.07, 6.45) is 1.14. The minimum atomic E-state index is -0.923. The summed E-state index contributed by atoms with van der Waals surface area (Å²) in [6.45, 7) is 0. The van der Waals surface area contributed by atoms with E-state index in [-0.39, 0.29) is 11.8 Å². The number of carbonyl (C=O) groups excluding carboxylic acids is 2. The molecular weight excluding hydrogens is 272 g/mol. The van der Waals surface area contributed by atoms with Crippen LogP contribution in [0, 0.1) is 11.8 Å². The zero-order chi connectivity index (χ0) is 15.6. The lowest BCUT2D eigenvalue weighted by atomic mass is 9.73. The molecule has 0 bridgehead atoms. The van der Waals surface area contributed by atoms with E-state index in [9.17, 15) is 14.4 Å². The van der Waals surface area contributed by atoms with Crippen molar-refractivity contribution in [3.8, 4) is 0 Å². The summed E-state index contributed by atoms with van der Waals surface area (Å²) in [4.78, 5) is 36.1.